The maximum absolute atomic E-state index is 9.85. The molecule has 0 saturated carbocycles. The molecule has 0 fully saturated rings. The Bertz CT molecular complexity index is 393. The number of aliphatic hydroxyl groups excluding tert-OH is 1. The summed E-state index contributed by atoms with van der Waals surface area (Å²) >= 11 is 0. The van der Waals surface area contributed by atoms with Crippen molar-refractivity contribution in [3.63, 3.8) is 0 Å². The van der Waals surface area contributed by atoms with E-state index in [0.29, 0.717) is 6.61 Å². The van der Waals surface area contributed by atoms with E-state index in [-0.39, 0.29) is 12.7 Å². The molecule has 1 atom stereocenters. The van der Waals surface area contributed by atoms with E-state index in [2.05, 4.69) is 12.2 Å². The number of benzene rings is 1. The molecule has 0 aliphatic heterocycles. The Hall–Kier alpha value is -1.10. The molecule has 0 amide bonds. The second-order valence-electron chi connectivity index (χ2n) is 5.19. The van der Waals surface area contributed by atoms with Crippen molar-refractivity contribution in [2.45, 2.75) is 46.4 Å². The van der Waals surface area contributed by atoms with Gasteiger partial charge in [0.2, 0.25) is 0 Å². The summed E-state index contributed by atoms with van der Waals surface area (Å²) in [5.74, 6) is 0.858. The van der Waals surface area contributed by atoms with Crippen LogP contribution in [0.4, 0.5) is 0 Å². The van der Waals surface area contributed by atoms with Crippen molar-refractivity contribution in [1.29, 1.82) is 0 Å². The van der Waals surface area contributed by atoms with Crippen molar-refractivity contribution in [1.82, 2.24) is 5.32 Å². The maximum Gasteiger partial charge on any atom is 0.126 e. The van der Waals surface area contributed by atoms with E-state index in [4.69, 9.17) is 9.47 Å². The summed E-state index contributed by atoms with van der Waals surface area (Å²) in [6, 6.07) is 6.08. The largest absolute Gasteiger partial charge is 0.490 e. The highest BCUT2D eigenvalue weighted by Gasteiger charge is 2.11. The van der Waals surface area contributed by atoms with Crippen LogP contribution in [0.5, 0.6) is 5.75 Å². The van der Waals surface area contributed by atoms with Gasteiger partial charge in [0.25, 0.3) is 0 Å². The van der Waals surface area contributed by atoms with E-state index in [1.165, 1.54) is 0 Å². The fourth-order valence-electron chi connectivity index (χ4n) is 1.85. The third-order valence-electron chi connectivity index (χ3n) is 2.90. The van der Waals surface area contributed by atoms with Gasteiger partial charge >= 0.3 is 0 Å². The van der Waals surface area contributed by atoms with Gasteiger partial charge in [0.15, 0.2) is 0 Å². The second-order valence-corrected chi connectivity index (χ2v) is 5.19. The van der Waals surface area contributed by atoms with Gasteiger partial charge in [-0.05, 0) is 32.9 Å². The smallest absolute Gasteiger partial charge is 0.126 e. The molecule has 4 nitrogen and oxygen atoms in total. The molecule has 20 heavy (non-hydrogen) atoms. The van der Waals surface area contributed by atoms with Gasteiger partial charge in [0.1, 0.15) is 18.5 Å². The predicted molar refractivity (Wildman–Crippen MR) is 81.1 cm³/mol. The van der Waals surface area contributed by atoms with E-state index < -0.39 is 6.10 Å². The summed E-state index contributed by atoms with van der Waals surface area (Å²) in [5, 5.41) is 13.1. The number of nitrogens with one attached hydrogen (secondary N) is 1. The molecule has 0 saturated heterocycles. The summed E-state index contributed by atoms with van der Waals surface area (Å²) in [6.45, 7) is 10.2. The van der Waals surface area contributed by atoms with Crippen LogP contribution in [-0.4, -0.2) is 37.1 Å². The van der Waals surface area contributed by atoms with Crippen molar-refractivity contribution in [3.8, 4) is 5.75 Å². The Kier molecular flexibility index (Phi) is 7.59. The van der Waals surface area contributed by atoms with Crippen LogP contribution in [0, 0.1) is 6.92 Å². The number of hydrogen-bond donors (Lipinski definition) is 2. The normalized spacial score (nSPS) is 12.7. The van der Waals surface area contributed by atoms with Crippen LogP contribution in [0.3, 0.4) is 0 Å². The van der Waals surface area contributed by atoms with E-state index in [0.717, 1.165) is 30.0 Å². The van der Waals surface area contributed by atoms with Crippen molar-refractivity contribution in [2.75, 3.05) is 19.8 Å². The van der Waals surface area contributed by atoms with Gasteiger partial charge in [-0.25, -0.2) is 0 Å². The Morgan fingerprint density at radius 1 is 1.25 bits per heavy atom. The molecule has 0 bridgehead atoms. The lowest BCUT2D eigenvalue weighted by Gasteiger charge is -2.18. The van der Waals surface area contributed by atoms with Gasteiger partial charge in [-0.3, -0.25) is 0 Å². The van der Waals surface area contributed by atoms with Crippen LogP contribution in [0.2, 0.25) is 0 Å². The highest BCUT2D eigenvalue weighted by Crippen LogP contribution is 2.23. The zero-order chi connectivity index (χ0) is 15.0. The van der Waals surface area contributed by atoms with E-state index >= 15 is 0 Å². The van der Waals surface area contributed by atoms with Gasteiger partial charge in [-0.1, -0.05) is 25.1 Å². The summed E-state index contributed by atoms with van der Waals surface area (Å²) in [6.07, 6.45) is -0.489. The Morgan fingerprint density at radius 2 is 2.00 bits per heavy atom. The fraction of sp³-hybridized carbons (Fsp3) is 0.625. The maximum atomic E-state index is 9.85. The molecule has 1 rings (SSSR count). The lowest BCUT2D eigenvalue weighted by atomic mass is 10.1. The number of para-hydroxylation sites is 1. The van der Waals surface area contributed by atoms with Crippen LogP contribution < -0.4 is 10.1 Å². The van der Waals surface area contributed by atoms with Crippen LogP contribution in [0.25, 0.3) is 0 Å². The SMILES string of the molecule is CCNCc1cccc(C)c1OCC(O)COC(C)C. The molecular formula is C16H27NO3. The van der Waals surface area contributed by atoms with E-state index in [9.17, 15) is 5.11 Å². The van der Waals surface area contributed by atoms with E-state index in [1.54, 1.807) is 0 Å². The second kappa shape index (κ2) is 8.95. The molecule has 0 radical (unpaired) electrons. The standard InChI is InChI=1S/C16H27NO3/c1-5-17-9-14-8-6-7-13(4)16(14)20-11-15(18)10-19-12(2)3/h6-8,12,15,17-18H,5,9-11H2,1-4H3. The van der Waals surface area contributed by atoms with Crippen LogP contribution >= 0.6 is 0 Å². The molecule has 1 aromatic carbocycles. The van der Waals surface area contributed by atoms with Gasteiger partial charge < -0.3 is 19.9 Å². The number of aliphatic hydroxyl groups is 1. The molecule has 0 heterocycles. The first-order valence-corrected chi connectivity index (χ1v) is 7.26. The summed E-state index contributed by atoms with van der Waals surface area (Å²) in [4.78, 5) is 0. The minimum absolute atomic E-state index is 0.118. The van der Waals surface area contributed by atoms with Crippen LogP contribution in [0.15, 0.2) is 18.2 Å². The molecule has 1 unspecified atom stereocenters. The quantitative estimate of drug-likeness (QED) is 0.729. The minimum atomic E-state index is -0.607. The van der Waals surface area contributed by atoms with Crippen molar-refractivity contribution in [2.24, 2.45) is 0 Å². The summed E-state index contributed by atoms with van der Waals surface area (Å²) < 4.78 is 11.2. The molecule has 0 aliphatic rings. The Labute approximate surface area is 122 Å². The van der Waals surface area contributed by atoms with Crippen molar-refractivity contribution < 1.29 is 14.6 Å². The Balaban J connectivity index is 2.57. The predicted octanol–water partition coefficient (Wildman–Crippen LogP) is 2.27. The van der Waals surface area contributed by atoms with Crippen molar-refractivity contribution >= 4 is 0 Å². The van der Waals surface area contributed by atoms with Gasteiger partial charge in [-0.15, -0.1) is 0 Å². The zero-order valence-electron chi connectivity index (χ0n) is 13.0. The highest BCUT2D eigenvalue weighted by molar-refractivity contribution is 5.40. The minimum Gasteiger partial charge on any atom is -0.490 e. The third kappa shape index (κ3) is 5.90. The molecule has 114 valence electrons. The molecule has 4 heteroatoms. The zero-order valence-corrected chi connectivity index (χ0v) is 13.0. The Morgan fingerprint density at radius 3 is 2.65 bits per heavy atom. The summed E-state index contributed by atoms with van der Waals surface area (Å²) in [5.41, 5.74) is 2.20. The molecule has 0 spiro atoms. The number of rotatable bonds is 9. The van der Waals surface area contributed by atoms with Crippen molar-refractivity contribution in [3.05, 3.63) is 29.3 Å². The third-order valence-corrected chi connectivity index (χ3v) is 2.90. The summed E-state index contributed by atoms with van der Waals surface area (Å²) in [7, 11) is 0. The van der Waals surface area contributed by atoms with E-state index in [1.807, 2.05) is 39.0 Å². The monoisotopic (exact) mass is 281 g/mol. The average molecular weight is 281 g/mol. The van der Waals surface area contributed by atoms with Gasteiger partial charge in [0, 0.05) is 12.1 Å². The first-order chi connectivity index (χ1) is 9.54. The number of ether oxygens (including phenoxy) is 2. The lowest BCUT2D eigenvalue weighted by Crippen LogP contribution is -2.25. The molecule has 0 aromatic heterocycles. The van der Waals surface area contributed by atoms with Gasteiger partial charge in [0.05, 0.1) is 12.7 Å². The fourth-order valence-corrected chi connectivity index (χ4v) is 1.85. The number of hydrogen-bond acceptors (Lipinski definition) is 4. The first kappa shape index (κ1) is 17.0. The van der Waals surface area contributed by atoms with Gasteiger partial charge in [-0.2, -0.15) is 0 Å². The van der Waals surface area contributed by atoms with Crippen LogP contribution in [-0.2, 0) is 11.3 Å². The molecular weight excluding hydrogens is 254 g/mol. The number of aryl methyl sites for hydroxylation is 1. The lowest BCUT2D eigenvalue weighted by molar-refractivity contribution is -0.0125. The molecule has 2 N–H and O–H groups in total. The highest BCUT2D eigenvalue weighted by atomic mass is 16.5. The molecule has 0 aliphatic carbocycles. The molecule has 1 aromatic rings. The first-order valence-electron chi connectivity index (χ1n) is 7.26. The van der Waals surface area contributed by atoms with Crippen LogP contribution in [0.1, 0.15) is 31.9 Å². The topological polar surface area (TPSA) is 50.7 Å². The average Bonchev–Trinajstić information content (AvgIpc) is 2.41.